The van der Waals surface area contributed by atoms with E-state index in [2.05, 4.69) is 64.3 Å². The molecule has 4 N–H and O–H groups in total. The van der Waals surface area contributed by atoms with E-state index in [4.69, 9.17) is 9.97 Å². The molecule has 4 aliphatic rings. The Morgan fingerprint density at radius 2 is 0.537 bits per heavy atom. The van der Waals surface area contributed by atoms with E-state index in [1.54, 1.807) is 46.9 Å². The molecule has 0 radical (unpaired) electrons. The van der Waals surface area contributed by atoms with Gasteiger partial charge in [0.25, 0.3) is 0 Å². The quantitative estimate of drug-likeness (QED) is 0.0894. The summed E-state index contributed by atoms with van der Waals surface area (Å²) in [6.45, 7) is 3.98. The highest BCUT2D eigenvalue weighted by molar-refractivity contribution is 7.24. The first-order valence-electron chi connectivity index (χ1n) is 37.9. The Hall–Kier alpha value is -9.74. The van der Waals surface area contributed by atoms with Gasteiger partial charge in [0.1, 0.15) is 81.0 Å². The average Bonchev–Trinajstić information content (AvgIpc) is 1.61. The van der Waals surface area contributed by atoms with Crippen LogP contribution in [0.2, 0.25) is 0 Å². The van der Waals surface area contributed by atoms with Crippen molar-refractivity contribution in [2.45, 2.75) is 166 Å². The number of hydrogen-bond acceptors (Lipinski definition) is 12. The largest absolute Gasteiger partial charge is 0.367 e. The monoisotopic (exact) mass is 1520 g/mol. The van der Waals surface area contributed by atoms with Gasteiger partial charge in [-0.2, -0.15) is 0 Å². The topological polar surface area (TPSA) is 117 Å². The van der Waals surface area contributed by atoms with Gasteiger partial charge in [0.15, 0.2) is 19.8 Å². The Morgan fingerprint density at radius 3 is 0.815 bits per heavy atom. The number of rotatable bonds is 12. The van der Waals surface area contributed by atoms with Crippen molar-refractivity contribution in [1.29, 1.82) is 0 Å². The lowest BCUT2D eigenvalue weighted by Gasteiger charge is -2.24. The maximum absolute atomic E-state index is 14.7. The van der Waals surface area contributed by atoms with Crippen LogP contribution in [0.25, 0.3) is 106 Å². The lowest BCUT2D eigenvalue weighted by molar-refractivity contribution is 0.462. The van der Waals surface area contributed by atoms with E-state index in [0.717, 1.165) is 137 Å². The van der Waals surface area contributed by atoms with Crippen molar-refractivity contribution in [3.63, 3.8) is 0 Å². The molecular weight excluding hydrogens is 1440 g/mol. The summed E-state index contributed by atoms with van der Waals surface area (Å²) < 4.78 is 100. The number of thiazole rings is 4. The third-order valence-corrected chi connectivity index (χ3v) is 25.6. The van der Waals surface area contributed by atoms with Crippen LogP contribution in [-0.4, -0.2) is 61.7 Å². The second kappa shape index (κ2) is 31.1. The van der Waals surface area contributed by atoms with E-state index < -0.39 is 23.3 Å². The predicted molar refractivity (Wildman–Crippen MR) is 435 cm³/mol. The second-order valence-electron chi connectivity index (χ2n) is 29.1. The Labute approximate surface area is 637 Å². The molecule has 8 heterocycles. The minimum atomic E-state index is -0.586. The number of para-hydroxylation sites is 4. The maximum atomic E-state index is 14.7. The summed E-state index contributed by atoms with van der Waals surface area (Å²) in [6.07, 6.45) is 23.7. The molecule has 20 rings (SSSR count). The fourth-order valence-electron chi connectivity index (χ4n) is 16.2. The van der Waals surface area contributed by atoms with Gasteiger partial charge in [0.05, 0.1) is 52.0 Å². The number of aromatic nitrogens is 8. The first-order valence-corrected chi connectivity index (χ1v) is 41.2. The van der Waals surface area contributed by atoms with Gasteiger partial charge in [-0.25, -0.2) is 46.3 Å². The molecule has 22 heteroatoms. The van der Waals surface area contributed by atoms with Crippen molar-refractivity contribution in [2.24, 2.45) is 0 Å². The molecule has 8 aromatic heterocycles. The second-order valence-corrected chi connectivity index (χ2v) is 33.1. The van der Waals surface area contributed by atoms with E-state index in [9.17, 15) is 26.3 Å². The smallest absolute Gasteiger partial charge is 0.197 e. The van der Waals surface area contributed by atoms with E-state index in [1.807, 2.05) is 108 Å². The molecule has 0 atom stereocenters. The molecule has 4 saturated carbocycles. The van der Waals surface area contributed by atoms with Crippen molar-refractivity contribution >= 4 is 129 Å². The summed E-state index contributed by atoms with van der Waals surface area (Å²) in [4.78, 5) is 22.3. The molecule has 16 aromatic rings. The maximum Gasteiger partial charge on any atom is 0.197 e. The van der Waals surface area contributed by atoms with Crippen LogP contribution in [0.1, 0.15) is 140 Å². The van der Waals surface area contributed by atoms with Crippen LogP contribution in [0.15, 0.2) is 170 Å². The van der Waals surface area contributed by atoms with Crippen molar-refractivity contribution in [2.75, 3.05) is 21.3 Å². The fraction of sp³-hybridized carbons (Fsp3) is 0.302. The first-order chi connectivity index (χ1) is 52.8. The molecule has 0 aliphatic heterocycles. The van der Waals surface area contributed by atoms with Crippen molar-refractivity contribution in [1.82, 2.24) is 37.5 Å². The van der Waals surface area contributed by atoms with Crippen LogP contribution in [0.5, 0.6) is 0 Å². The molecule has 0 saturated heterocycles. The zero-order valence-electron chi connectivity index (χ0n) is 60.1. The van der Waals surface area contributed by atoms with Gasteiger partial charge in [-0.15, -0.1) is 0 Å². The van der Waals surface area contributed by atoms with Gasteiger partial charge in [0, 0.05) is 35.3 Å². The van der Waals surface area contributed by atoms with Crippen LogP contribution in [0.3, 0.4) is 0 Å². The standard InChI is InChI=1S/2C22H22FN3S.2C21H19F2N3S/c2*1-14-11-12-17(23)16(13-14)20-21(24-15-7-3-2-4-8-15)26-18-9-5-6-10-19(18)27-22(26)25-20;2*22-14-9-6-10-15(23)18(14)19-20(24-13-7-2-1-3-8-13)26-16-11-4-5-12-17(16)27-21(26)25-19/h2*5-6,9-13,15,24H,2-4,7-8H2,1H3;2*4-6,9-13,24H,1-3,7-8H2. The lowest BCUT2D eigenvalue weighted by Crippen LogP contribution is -2.23. The van der Waals surface area contributed by atoms with E-state index in [1.165, 1.54) is 146 Å². The number of fused-ring (bicyclic) bond motifs is 12. The zero-order valence-corrected chi connectivity index (χ0v) is 63.4. The highest BCUT2D eigenvalue weighted by Crippen LogP contribution is 2.45. The molecule has 552 valence electrons. The highest BCUT2D eigenvalue weighted by atomic mass is 32.1. The van der Waals surface area contributed by atoms with Crippen LogP contribution in [-0.2, 0) is 0 Å². The summed E-state index contributed by atoms with van der Waals surface area (Å²) in [7, 11) is 0. The average molecular weight is 1530 g/mol. The Bertz CT molecular complexity index is 5530. The van der Waals surface area contributed by atoms with Gasteiger partial charge in [-0.05, 0) is 162 Å². The van der Waals surface area contributed by atoms with Crippen LogP contribution in [0.4, 0.5) is 49.6 Å². The van der Waals surface area contributed by atoms with Crippen LogP contribution in [0, 0.1) is 48.8 Å². The van der Waals surface area contributed by atoms with Crippen molar-refractivity contribution < 1.29 is 26.3 Å². The molecule has 8 aromatic carbocycles. The summed E-state index contributed by atoms with van der Waals surface area (Å²) >= 11 is 6.37. The SMILES string of the molecule is Cc1ccc(F)c(-c2nc3sc4ccccc4n3c2NC2CCCCC2)c1.Cc1ccc(F)c(-c2nc3sc4ccccc4n3c2NC2CCCCC2)c1.Fc1cccc(F)c1-c1nc2sc3ccccc3n2c1NC1CCCCC1.Fc1cccc(F)c1-c1nc2sc3ccccc3n2c1NC1CCCCC1. The first kappa shape index (κ1) is 71.2. The molecule has 0 unspecified atom stereocenters. The Kier molecular flexibility index (Phi) is 20.5. The number of anilines is 4. The molecule has 0 bridgehead atoms. The third-order valence-electron chi connectivity index (χ3n) is 21.6. The van der Waals surface area contributed by atoms with Crippen LogP contribution < -0.4 is 21.3 Å². The number of imidazole rings is 4. The molecule has 0 spiro atoms. The van der Waals surface area contributed by atoms with Crippen molar-refractivity contribution in [3.8, 4) is 45.0 Å². The van der Waals surface area contributed by atoms with Crippen molar-refractivity contribution in [3.05, 3.63) is 216 Å². The number of nitrogens with zero attached hydrogens (tertiary/aromatic N) is 8. The third kappa shape index (κ3) is 14.2. The number of hydrogen-bond donors (Lipinski definition) is 4. The molecule has 4 fully saturated rings. The van der Waals surface area contributed by atoms with Gasteiger partial charge in [0.2, 0.25) is 0 Å². The molecule has 108 heavy (non-hydrogen) atoms. The lowest BCUT2D eigenvalue weighted by atomic mass is 9.95. The normalized spacial score (nSPS) is 15.6. The molecular formula is C86H82F6N12S4. The summed E-state index contributed by atoms with van der Waals surface area (Å²) in [5.41, 5.74) is 9.53. The fourth-order valence-corrected chi connectivity index (χ4v) is 20.3. The van der Waals surface area contributed by atoms with Crippen LogP contribution >= 0.6 is 45.3 Å². The number of benzene rings is 8. The number of halogens is 6. The summed E-state index contributed by atoms with van der Waals surface area (Å²) in [5.74, 6) is 0.459. The Morgan fingerprint density at radius 1 is 0.287 bits per heavy atom. The Balaban J connectivity index is 0.000000105. The minimum absolute atomic E-state index is 0.0595. The van der Waals surface area contributed by atoms with Gasteiger partial charge >= 0.3 is 0 Å². The minimum Gasteiger partial charge on any atom is -0.367 e. The summed E-state index contributed by atoms with van der Waals surface area (Å²) in [5, 5.41) is 14.6. The summed E-state index contributed by atoms with van der Waals surface area (Å²) in [6, 6.07) is 52.6. The van der Waals surface area contributed by atoms with E-state index in [0.29, 0.717) is 58.3 Å². The number of aryl methyl sites for hydroxylation is 2. The predicted octanol–water partition coefficient (Wildman–Crippen LogP) is 25.3. The highest BCUT2D eigenvalue weighted by Gasteiger charge is 2.31. The van der Waals surface area contributed by atoms with Gasteiger partial charge in [-0.3, -0.25) is 17.6 Å². The molecule has 12 nitrogen and oxygen atoms in total. The van der Waals surface area contributed by atoms with Gasteiger partial charge < -0.3 is 21.3 Å². The molecule has 4 aliphatic carbocycles. The number of nitrogens with one attached hydrogen (secondary N) is 4. The van der Waals surface area contributed by atoms with E-state index in [-0.39, 0.29) is 22.8 Å². The zero-order chi connectivity index (χ0) is 73.5. The van der Waals surface area contributed by atoms with Gasteiger partial charge in [-0.1, -0.05) is 206 Å². The van der Waals surface area contributed by atoms with E-state index >= 15 is 0 Å². The molecule has 0 amide bonds.